The van der Waals surface area contributed by atoms with Gasteiger partial charge in [-0.15, -0.1) is 11.3 Å². The Morgan fingerprint density at radius 2 is 2.31 bits per heavy atom. The third kappa shape index (κ3) is 4.22. The second-order valence-corrected chi connectivity index (χ2v) is 6.35. The summed E-state index contributed by atoms with van der Waals surface area (Å²) in [4.78, 5) is 16.9. The molecule has 0 aromatic carbocycles. The lowest BCUT2D eigenvalue weighted by Gasteiger charge is -2.12. The Hall–Kier alpha value is -0.420. The number of carbonyl (C=O) groups is 1. The Kier molecular flexibility index (Phi) is 5.41. The molecule has 90 valence electrons. The molecule has 1 amide bonds. The van der Waals surface area contributed by atoms with Crippen LogP contribution >= 0.6 is 27.3 Å². The smallest absolute Gasteiger partial charge is 0.263 e. The van der Waals surface area contributed by atoms with E-state index in [1.54, 1.807) is 5.51 Å². The van der Waals surface area contributed by atoms with Crippen molar-refractivity contribution in [2.75, 3.05) is 6.54 Å². The maximum atomic E-state index is 11.8. The monoisotopic (exact) mass is 304 g/mol. The minimum Gasteiger partial charge on any atom is -0.350 e. The maximum absolute atomic E-state index is 11.8. The molecule has 0 spiro atoms. The lowest BCUT2D eigenvalue weighted by Crippen LogP contribution is -2.30. The lowest BCUT2D eigenvalue weighted by atomic mass is 10.1. The summed E-state index contributed by atoms with van der Waals surface area (Å²) < 4.78 is 0. The molecule has 1 atom stereocenters. The topological polar surface area (TPSA) is 42.0 Å². The molecule has 1 N–H and O–H groups in total. The molecule has 16 heavy (non-hydrogen) atoms. The maximum Gasteiger partial charge on any atom is 0.263 e. The normalized spacial score (nSPS) is 12.8. The average molecular weight is 305 g/mol. The number of halogens is 1. The number of amides is 1. The molecule has 5 heteroatoms. The highest BCUT2D eigenvalue weighted by atomic mass is 79.9. The molecule has 0 saturated carbocycles. The molecule has 1 aromatic heterocycles. The molecule has 1 rings (SSSR count). The SMILES string of the molecule is Cc1ncsc1C(=O)NCC(Br)CC(C)C. The summed E-state index contributed by atoms with van der Waals surface area (Å²) in [7, 11) is 0. The Morgan fingerprint density at radius 1 is 1.62 bits per heavy atom. The summed E-state index contributed by atoms with van der Waals surface area (Å²) in [5.74, 6) is 0.611. The van der Waals surface area contributed by atoms with Crippen molar-refractivity contribution in [1.82, 2.24) is 10.3 Å². The lowest BCUT2D eigenvalue weighted by molar-refractivity contribution is 0.0956. The van der Waals surface area contributed by atoms with Crippen molar-refractivity contribution >= 4 is 33.2 Å². The van der Waals surface area contributed by atoms with Crippen LogP contribution in [0.4, 0.5) is 0 Å². The molecule has 0 saturated heterocycles. The van der Waals surface area contributed by atoms with E-state index < -0.39 is 0 Å². The number of alkyl halides is 1. The van der Waals surface area contributed by atoms with E-state index in [-0.39, 0.29) is 5.91 Å². The third-order valence-corrected chi connectivity index (χ3v) is 3.79. The molecule has 1 heterocycles. The molecule has 0 bridgehead atoms. The highest BCUT2D eigenvalue weighted by Gasteiger charge is 2.13. The Bertz CT molecular complexity index is 352. The quantitative estimate of drug-likeness (QED) is 0.850. The summed E-state index contributed by atoms with van der Waals surface area (Å²) in [6, 6.07) is 0. The fourth-order valence-corrected chi connectivity index (χ4v) is 3.03. The summed E-state index contributed by atoms with van der Waals surface area (Å²) in [6.45, 7) is 6.85. The Labute approximate surface area is 109 Å². The van der Waals surface area contributed by atoms with Crippen molar-refractivity contribution in [3.63, 3.8) is 0 Å². The third-order valence-electron chi connectivity index (χ3n) is 2.16. The van der Waals surface area contributed by atoms with Gasteiger partial charge in [0.15, 0.2) is 0 Å². The van der Waals surface area contributed by atoms with E-state index in [2.05, 4.69) is 40.1 Å². The summed E-state index contributed by atoms with van der Waals surface area (Å²) in [6.07, 6.45) is 1.06. The van der Waals surface area contributed by atoms with Gasteiger partial charge in [-0.1, -0.05) is 29.8 Å². The van der Waals surface area contributed by atoms with E-state index in [0.29, 0.717) is 22.2 Å². The number of thiazole rings is 1. The van der Waals surface area contributed by atoms with Gasteiger partial charge in [0.25, 0.3) is 5.91 Å². The van der Waals surface area contributed by atoms with Crippen molar-refractivity contribution in [3.05, 3.63) is 16.1 Å². The van der Waals surface area contributed by atoms with E-state index >= 15 is 0 Å². The van der Waals surface area contributed by atoms with Crippen LogP contribution < -0.4 is 5.32 Å². The number of nitrogens with zero attached hydrogens (tertiary/aromatic N) is 1. The fraction of sp³-hybridized carbons (Fsp3) is 0.636. The summed E-state index contributed by atoms with van der Waals surface area (Å²) in [5.41, 5.74) is 2.50. The van der Waals surface area contributed by atoms with Gasteiger partial charge in [-0.25, -0.2) is 4.98 Å². The number of hydrogen-bond donors (Lipinski definition) is 1. The molecule has 1 unspecified atom stereocenters. The van der Waals surface area contributed by atoms with Gasteiger partial charge >= 0.3 is 0 Å². The molecule has 0 aliphatic carbocycles. The van der Waals surface area contributed by atoms with Crippen molar-refractivity contribution in [3.8, 4) is 0 Å². The van der Waals surface area contributed by atoms with Gasteiger partial charge in [-0.2, -0.15) is 0 Å². The van der Waals surface area contributed by atoms with Crippen LogP contribution in [0.2, 0.25) is 0 Å². The van der Waals surface area contributed by atoms with Gasteiger partial charge in [0.2, 0.25) is 0 Å². The van der Waals surface area contributed by atoms with E-state index in [9.17, 15) is 4.79 Å². The standard InChI is InChI=1S/C11H17BrN2OS/c1-7(2)4-9(12)5-13-11(15)10-8(3)14-6-16-10/h6-7,9H,4-5H2,1-3H3,(H,13,15). The number of carbonyl (C=O) groups excluding carboxylic acids is 1. The fourth-order valence-electron chi connectivity index (χ4n) is 1.40. The van der Waals surface area contributed by atoms with Gasteiger partial charge in [0.05, 0.1) is 11.2 Å². The van der Waals surface area contributed by atoms with Crippen LogP contribution in [0.1, 0.15) is 35.6 Å². The Balaban J connectivity index is 2.39. The van der Waals surface area contributed by atoms with Crippen LogP contribution in [0, 0.1) is 12.8 Å². The number of rotatable bonds is 5. The van der Waals surface area contributed by atoms with Crippen LogP contribution in [-0.2, 0) is 0 Å². The van der Waals surface area contributed by atoms with Crippen molar-refractivity contribution < 1.29 is 4.79 Å². The summed E-state index contributed by atoms with van der Waals surface area (Å²) >= 11 is 4.95. The number of nitrogens with one attached hydrogen (secondary N) is 1. The first-order valence-electron chi connectivity index (χ1n) is 5.33. The van der Waals surface area contributed by atoms with E-state index in [1.165, 1.54) is 11.3 Å². The van der Waals surface area contributed by atoms with Crippen LogP contribution in [0.15, 0.2) is 5.51 Å². The largest absolute Gasteiger partial charge is 0.350 e. The first-order chi connectivity index (χ1) is 7.50. The van der Waals surface area contributed by atoms with Gasteiger partial charge in [0, 0.05) is 11.4 Å². The molecular weight excluding hydrogens is 288 g/mol. The van der Waals surface area contributed by atoms with Crippen molar-refractivity contribution in [2.45, 2.75) is 32.0 Å². The van der Waals surface area contributed by atoms with Crippen molar-refractivity contribution in [1.29, 1.82) is 0 Å². The Morgan fingerprint density at radius 3 is 2.81 bits per heavy atom. The number of hydrogen-bond acceptors (Lipinski definition) is 3. The molecule has 0 radical (unpaired) electrons. The van der Waals surface area contributed by atoms with Crippen LogP contribution in [0.3, 0.4) is 0 Å². The van der Waals surface area contributed by atoms with E-state index in [0.717, 1.165) is 12.1 Å². The highest BCUT2D eigenvalue weighted by molar-refractivity contribution is 9.09. The average Bonchev–Trinajstić information content (AvgIpc) is 2.60. The highest BCUT2D eigenvalue weighted by Crippen LogP contribution is 2.14. The van der Waals surface area contributed by atoms with Crippen LogP contribution in [0.5, 0.6) is 0 Å². The van der Waals surface area contributed by atoms with Gasteiger partial charge in [-0.3, -0.25) is 4.79 Å². The predicted molar refractivity (Wildman–Crippen MR) is 71.4 cm³/mol. The summed E-state index contributed by atoms with van der Waals surface area (Å²) in [5, 5.41) is 2.92. The minimum atomic E-state index is -0.0202. The zero-order valence-electron chi connectivity index (χ0n) is 9.79. The van der Waals surface area contributed by atoms with Crippen molar-refractivity contribution in [2.24, 2.45) is 5.92 Å². The zero-order valence-corrected chi connectivity index (χ0v) is 12.2. The second kappa shape index (κ2) is 6.35. The predicted octanol–water partition coefficient (Wildman–Crippen LogP) is 2.99. The first-order valence-corrected chi connectivity index (χ1v) is 7.12. The van der Waals surface area contributed by atoms with E-state index in [4.69, 9.17) is 0 Å². The number of aryl methyl sites for hydroxylation is 1. The minimum absolute atomic E-state index is 0.0202. The molecule has 0 aliphatic heterocycles. The molecule has 0 aliphatic rings. The van der Waals surface area contributed by atoms with Crippen LogP contribution in [-0.4, -0.2) is 22.3 Å². The first kappa shape index (κ1) is 13.6. The molecule has 3 nitrogen and oxygen atoms in total. The molecule has 0 fully saturated rings. The van der Waals surface area contributed by atoms with Gasteiger partial charge < -0.3 is 5.32 Å². The van der Waals surface area contributed by atoms with Gasteiger partial charge in [0.1, 0.15) is 4.88 Å². The number of aromatic nitrogens is 1. The molecular formula is C11H17BrN2OS. The van der Waals surface area contributed by atoms with E-state index in [1.807, 2.05) is 6.92 Å². The molecule has 1 aromatic rings. The van der Waals surface area contributed by atoms with Crippen LogP contribution in [0.25, 0.3) is 0 Å². The second-order valence-electron chi connectivity index (χ2n) is 4.20. The van der Waals surface area contributed by atoms with Gasteiger partial charge in [-0.05, 0) is 19.3 Å². The zero-order chi connectivity index (χ0) is 12.1.